The average molecular weight is 405 g/mol. The zero-order valence-corrected chi connectivity index (χ0v) is 16.7. The van der Waals surface area contributed by atoms with E-state index in [-0.39, 0.29) is 5.97 Å². The zero-order valence-electron chi connectivity index (χ0n) is 15.1. The van der Waals surface area contributed by atoms with Crippen molar-refractivity contribution in [3.63, 3.8) is 0 Å². The number of aryl methyl sites for hydroxylation is 2. The van der Waals surface area contributed by atoms with Crippen molar-refractivity contribution in [3.8, 4) is 11.5 Å². The van der Waals surface area contributed by atoms with Gasteiger partial charge in [0.05, 0.1) is 12.2 Å². The van der Waals surface area contributed by atoms with E-state index in [1.54, 1.807) is 12.1 Å². The normalized spacial score (nSPS) is 10.6. The largest absolute Gasteiger partial charge is 0.494 e. The number of carbonyl (C=O) groups is 1. The van der Waals surface area contributed by atoms with Crippen LogP contribution in [-0.4, -0.2) is 12.6 Å². The molecular weight excluding hydrogens is 380 g/mol. The molecule has 0 radical (unpaired) electrons. The molecule has 2 aromatic rings. The Morgan fingerprint density at radius 1 is 1.00 bits per heavy atom. The van der Waals surface area contributed by atoms with E-state index in [4.69, 9.17) is 9.47 Å². The van der Waals surface area contributed by atoms with Crippen molar-refractivity contribution in [2.75, 3.05) is 6.61 Å². The minimum atomic E-state index is -0.358. The lowest BCUT2D eigenvalue weighted by molar-refractivity contribution is 0.0732. The highest BCUT2D eigenvalue weighted by molar-refractivity contribution is 9.10. The molecule has 0 aliphatic rings. The molecule has 0 spiro atoms. The molecule has 0 heterocycles. The van der Waals surface area contributed by atoms with Crippen molar-refractivity contribution < 1.29 is 14.3 Å². The summed E-state index contributed by atoms with van der Waals surface area (Å²) in [5.74, 6) is 1.04. The fourth-order valence-corrected chi connectivity index (χ4v) is 3.30. The van der Waals surface area contributed by atoms with Gasteiger partial charge in [0.2, 0.25) is 0 Å². The van der Waals surface area contributed by atoms with E-state index in [0.29, 0.717) is 17.9 Å². The monoisotopic (exact) mass is 404 g/mol. The van der Waals surface area contributed by atoms with Crippen LogP contribution in [0.3, 0.4) is 0 Å². The van der Waals surface area contributed by atoms with E-state index < -0.39 is 0 Å². The number of hydrogen-bond acceptors (Lipinski definition) is 3. The van der Waals surface area contributed by atoms with Crippen molar-refractivity contribution >= 4 is 21.9 Å². The van der Waals surface area contributed by atoms with Gasteiger partial charge >= 0.3 is 5.97 Å². The maximum atomic E-state index is 12.4. The molecule has 4 heteroatoms. The summed E-state index contributed by atoms with van der Waals surface area (Å²) in [6, 6.07) is 11.0. The van der Waals surface area contributed by atoms with Crippen LogP contribution in [0.4, 0.5) is 0 Å². The van der Waals surface area contributed by atoms with Gasteiger partial charge in [-0.25, -0.2) is 4.79 Å². The number of esters is 1. The van der Waals surface area contributed by atoms with Gasteiger partial charge in [-0.2, -0.15) is 0 Å². The second kappa shape index (κ2) is 9.62. The minimum Gasteiger partial charge on any atom is -0.494 e. The van der Waals surface area contributed by atoms with E-state index in [1.165, 1.54) is 19.3 Å². The van der Waals surface area contributed by atoms with E-state index in [0.717, 1.165) is 27.8 Å². The second-order valence-corrected chi connectivity index (χ2v) is 7.11. The van der Waals surface area contributed by atoms with Crippen molar-refractivity contribution in [1.29, 1.82) is 0 Å². The van der Waals surface area contributed by atoms with Crippen molar-refractivity contribution in [2.24, 2.45) is 0 Å². The zero-order chi connectivity index (χ0) is 18.2. The summed E-state index contributed by atoms with van der Waals surface area (Å²) < 4.78 is 12.3. The minimum absolute atomic E-state index is 0.358. The molecule has 0 N–H and O–H groups in total. The number of hydrogen-bond donors (Lipinski definition) is 0. The highest BCUT2D eigenvalue weighted by Gasteiger charge is 2.13. The molecule has 0 atom stereocenters. The molecule has 0 aliphatic heterocycles. The molecule has 134 valence electrons. The Morgan fingerprint density at radius 2 is 1.64 bits per heavy atom. The summed E-state index contributed by atoms with van der Waals surface area (Å²) in [7, 11) is 0. The van der Waals surface area contributed by atoms with Gasteiger partial charge in [0.25, 0.3) is 0 Å². The first-order chi connectivity index (χ1) is 12.0. The third kappa shape index (κ3) is 5.89. The molecule has 0 saturated carbocycles. The fraction of sp³-hybridized carbons (Fsp3) is 0.381. The van der Waals surface area contributed by atoms with Gasteiger partial charge in [-0.05, 0) is 67.8 Å². The fourth-order valence-electron chi connectivity index (χ4n) is 2.62. The highest BCUT2D eigenvalue weighted by atomic mass is 79.9. The van der Waals surface area contributed by atoms with Crippen LogP contribution in [-0.2, 0) is 0 Å². The van der Waals surface area contributed by atoms with Gasteiger partial charge in [0, 0.05) is 4.47 Å². The van der Waals surface area contributed by atoms with E-state index in [2.05, 4.69) is 22.9 Å². The number of halogens is 1. The molecule has 0 unspecified atom stereocenters. The first-order valence-corrected chi connectivity index (χ1v) is 9.52. The molecule has 3 nitrogen and oxygen atoms in total. The van der Waals surface area contributed by atoms with E-state index >= 15 is 0 Å². The molecule has 0 saturated heterocycles. The highest BCUT2D eigenvalue weighted by Crippen LogP contribution is 2.28. The standard InChI is InChI=1S/C21H25BrO3/c1-4-5-6-7-12-24-19-10-8-17(9-11-19)21(23)25-20-15(2)13-18(22)14-16(20)3/h8-11,13-14H,4-7,12H2,1-3H3. The molecule has 0 fully saturated rings. The maximum Gasteiger partial charge on any atom is 0.343 e. The van der Waals surface area contributed by atoms with Crippen LogP contribution in [0.1, 0.15) is 54.1 Å². The Bertz CT molecular complexity index is 685. The molecule has 2 aromatic carbocycles. The number of unbranched alkanes of at least 4 members (excludes halogenated alkanes) is 3. The van der Waals surface area contributed by atoms with Crippen LogP contribution in [0.5, 0.6) is 11.5 Å². The van der Waals surface area contributed by atoms with Gasteiger partial charge in [-0.1, -0.05) is 42.1 Å². The van der Waals surface area contributed by atoms with Crippen LogP contribution in [0, 0.1) is 13.8 Å². The van der Waals surface area contributed by atoms with Crippen LogP contribution in [0.15, 0.2) is 40.9 Å². The van der Waals surface area contributed by atoms with Crippen LogP contribution in [0.25, 0.3) is 0 Å². The molecule has 0 aromatic heterocycles. The SMILES string of the molecule is CCCCCCOc1ccc(C(=O)Oc2c(C)cc(Br)cc2C)cc1. The summed E-state index contributed by atoms with van der Waals surface area (Å²) in [4.78, 5) is 12.4. The van der Waals surface area contributed by atoms with Crippen molar-refractivity contribution in [1.82, 2.24) is 0 Å². The predicted molar refractivity (Wildman–Crippen MR) is 105 cm³/mol. The maximum absolute atomic E-state index is 12.4. The molecule has 25 heavy (non-hydrogen) atoms. The van der Waals surface area contributed by atoms with E-state index in [9.17, 15) is 4.79 Å². The number of benzene rings is 2. The van der Waals surface area contributed by atoms with E-state index in [1.807, 2.05) is 38.1 Å². The molecule has 0 bridgehead atoms. The second-order valence-electron chi connectivity index (χ2n) is 6.19. The third-order valence-corrected chi connectivity index (χ3v) is 4.43. The van der Waals surface area contributed by atoms with Crippen LogP contribution >= 0.6 is 15.9 Å². The van der Waals surface area contributed by atoms with Crippen LogP contribution < -0.4 is 9.47 Å². The molecule has 0 aliphatic carbocycles. The quantitative estimate of drug-likeness (QED) is 0.296. The predicted octanol–water partition coefficient (Wildman–Crippen LogP) is 6.24. The van der Waals surface area contributed by atoms with Gasteiger partial charge in [-0.3, -0.25) is 0 Å². The average Bonchev–Trinajstić information content (AvgIpc) is 2.58. The lowest BCUT2D eigenvalue weighted by Crippen LogP contribution is -2.10. The summed E-state index contributed by atoms with van der Waals surface area (Å²) >= 11 is 3.45. The molecule has 0 amide bonds. The van der Waals surface area contributed by atoms with Gasteiger partial charge in [0.15, 0.2) is 0 Å². The summed E-state index contributed by atoms with van der Waals surface area (Å²) in [5.41, 5.74) is 2.36. The van der Waals surface area contributed by atoms with Gasteiger partial charge in [0.1, 0.15) is 11.5 Å². The Hall–Kier alpha value is -1.81. The number of ether oxygens (including phenoxy) is 2. The Kier molecular flexibility index (Phi) is 7.51. The topological polar surface area (TPSA) is 35.5 Å². The Balaban J connectivity index is 1.94. The lowest BCUT2D eigenvalue weighted by atomic mass is 10.1. The third-order valence-electron chi connectivity index (χ3n) is 3.98. The van der Waals surface area contributed by atoms with Gasteiger partial charge < -0.3 is 9.47 Å². The smallest absolute Gasteiger partial charge is 0.343 e. The summed E-state index contributed by atoms with van der Waals surface area (Å²) in [6.45, 7) is 6.75. The first-order valence-electron chi connectivity index (χ1n) is 8.73. The van der Waals surface area contributed by atoms with Crippen molar-refractivity contribution in [2.45, 2.75) is 46.5 Å². The van der Waals surface area contributed by atoms with Gasteiger partial charge in [-0.15, -0.1) is 0 Å². The summed E-state index contributed by atoms with van der Waals surface area (Å²) in [5, 5.41) is 0. The summed E-state index contributed by atoms with van der Waals surface area (Å²) in [6.07, 6.45) is 4.70. The number of rotatable bonds is 8. The Morgan fingerprint density at radius 3 is 2.24 bits per heavy atom. The Labute approximate surface area is 158 Å². The first kappa shape index (κ1) is 19.5. The lowest BCUT2D eigenvalue weighted by Gasteiger charge is -2.11. The number of carbonyl (C=O) groups excluding carboxylic acids is 1. The molecule has 2 rings (SSSR count). The molecular formula is C21H25BrO3. The van der Waals surface area contributed by atoms with Crippen LogP contribution in [0.2, 0.25) is 0 Å². The van der Waals surface area contributed by atoms with Crippen molar-refractivity contribution in [3.05, 3.63) is 57.6 Å².